The zero-order chi connectivity index (χ0) is 36.0. The second kappa shape index (κ2) is 15.0. The highest BCUT2D eigenvalue weighted by Gasteiger charge is 2.68. The minimum atomic E-state index is -2.04. The number of rotatable bonds is 8. The van der Waals surface area contributed by atoms with Crippen LogP contribution in [0.2, 0.25) is 0 Å². The summed E-state index contributed by atoms with van der Waals surface area (Å²) in [5.41, 5.74) is 13.0. The average molecular weight is 711 g/mol. The van der Waals surface area contributed by atoms with Crippen molar-refractivity contribution in [3.63, 3.8) is 0 Å². The predicted octanol–water partition coefficient (Wildman–Crippen LogP) is 5.89. The number of dihydropyridines is 1. The molecule has 9 atom stereocenters. The van der Waals surface area contributed by atoms with Crippen molar-refractivity contribution in [1.29, 1.82) is 0 Å². The van der Waals surface area contributed by atoms with Crippen LogP contribution < -0.4 is 11.1 Å². The van der Waals surface area contributed by atoms with Crippen molar-refractivity contribution < 1.29 is 19.7 Å². The maximum Gasteiger partial charge on any atom is 0.180 e. The van der Waals surface area contributed by atoms with Crippen LogP contribution in [-0.4, -0.2) is 91.9 Å². The number of nitrogens with one attached hydrogen (secondary N) is 1. The van der Waals surface area contributed by atoms with E-state index in [1.54, 1.807) is 19.8 Å². The van der Waals surface area contributed by atoms with Gasteiger partial charge in [-0.15, -0.1) is 0 Å². The highest BCUT2D eigenvalue weighted by atomic mass is 16.5. The molecule has 0 aromatic heterocycles. The van der Waals surface area contributed by atoms with E-state index in [2.05, 4.69) is 35.5 Å². The molecule has 7 aliphatic rings. The summed E-state index contributed by atoms with van der Waals surface area (Å²) in [6.45, 7) is 3.45. The van der Waals surface area contributed by atoms with Crippen molar-refractivity contribution in [1.82, 2.24) is 10.2 Å². The van der Waals surface area contributed by atoms with E-state index in [9.17, 15) is 10.2 Å². The maximum absolute atomic E-state index is 12.1. The van der Waals surface area contributed by atoms with Crippen LogP contribution in [0.15, 0.2) is 82.4 Å². The minimum Gasteiger partial charge on any atom is -0.378 e. The third-order valence-corrected chi connectivity index (χ3v) is 14.5. The summed E-state index contributed by atoms with van der Waals surface area (Å²) < 4.78 is 11.3. The molecular formula is C44H62N4O4. The standard InChI is InChI=1S/C44H62N4O4/c1-48-25-8-7-9-28(21-26-48)29-18-22-43(23-19-29)39-34-20-24-46-42(45)37(34)40(47-41(39)43)32-14-12-31(13-15-32)38(30-10-5-4-6-11-30)44(49,50)33-16-17-35(51-2)36(27-33)52-3/h4-6,10-14,16-17,28-29,32-33,35-36,38-39,41-42,46,49-50H,7-9,15,18-27,45H2,1-3H3. The SMILES string of the molecule is COC1C=CC(C(O)(O)C(C2=CCC(C3=NC4C(C5=C3C(N)NCC5)C43CCC(C4CCCCN(C)CC4)CC3)C=C2)c2ccccc2)CC1OC. The Kier molecular flexibility index (Phi) is 10.5. The smallest absolute Gasteiger partial charge is 0.180 e. The van der Waals surface area contributed by atoms with Crippen LogP contribution in [-0.2, 0) is 9.47 Å². The first-order chi connectivity index (χ1) is 25.2. The number of methoxy groups -OCH3 is 2. The lowest BCUT2D eigenvalue weighted by Crippen LogP contribution is -2.48. The summed E-state index contributed by atoms with van der Waals surface area (Å²) in [6, 6.07) is 10.3. The molecule has 3 aliphatic heterocycles. The van der Waals surface area contributed by atoms with E-state index in [1.165, 1.54) is 75.7 Å². The van der Waals surface area contributed by atoms with E-state index in [1.807, 2.05) is 42.5 Å². The molecule has 4 aliphatic carbocycles. The summed E-state index contributed by atoms with van der Waals surface area (Å²) in [4.78, 5) is 8.21. The molecule has 282 valence electrons. The zero-order valence-corrected chi connectivity index (χ0v) is 31.6. The van der Waals surface area contributed by atoms with Gasteiger partial charge in [0.2, 0.25) is 0 Å². The molecule has 2 saturated carbocycles. The molecule has 8 nitrogen and oxygen atoms in total. The molecule has 1 saturated heterocycles. The molecule has 0 bridgehead atoms. The van der Waals surface area contributed by atoms with Crippen molar-refractivity contribution >= 4 is 5.71 Å². The fraction of sp³-hybridized carbons (Fsp3) is 0.659. The Hall–Kier alpha value is -2.43. The number of aliphatic hydroxyl groups is 2. The lowest BCUT2D eigenvalue weighted by atomic mass is 9.70. The van der Waals surface area contributed by atoms with Gasteiger partial charge in [0.1, 0.15) is 6.10 Å². The highest BCUT2D eigenvalue weighted by molar-refractivity contribution is 6.06. The molecule has 8 heteroatoms. The van der Waals surface area contributed by atoms with Gasteiger partial charge in [-0.1, -0.05) is 79.1 Å². The molecule has 0 amide bonds. The van der Waals surface area contributed by atoms with Gasteiger partial charge in [0, 0.05) is 55.2 Å². The molecule has 52 heavy (non-hydrogen) atoms. The van der Waals surface area contributed by atoms with E-state index in [4.69, 9.17) is 20.2 Å². The molecular weight excluding hydrogens is 649 g/mol. The van der Waals surface area contributed by atoms with Gasteiger partial charge in [0.05, 0.1) is 24.2 Å². The average Bonchev–Trinajstić information content (AvgIpc) is 3.79. The molecule has 9 unspecified atom stereocenters. The fourth-order valence-corrected chi connectivity index (χ4v) is 11.5. The fourth-order valence-electron chi connectivity index (χ4n) is 11.5. The monoisotopic (exact) mass is 710 g/mol. The number of allylic oxidation sites excluding steroid dienone is 3. The van der Waals surface area contributed by atoms with E-state index in [0.717, 1.165) is 42.4 Å². The third kappa shape index (κ3) is 6.65. The summed E-state index contributed by atoms with van der Waals surface area (Å²) in [7, 11) is 5.61. The molecule has 0 radical (unpaired) electrons. The van der Waals surface area contributed by atoms with E-state index < -0.39 is 17.6 Å². The van der Waals surface area contributed by atoms with Gasteiger partial charge in [-0.3, -0.25) is 10.3 Å². The lowest BCUT2D eigenvalue weighted by Gasteiger charge is -2.42. The molecule has 1 aromatic rings. The summed E-state index contributed by atoms with van der Waals surface area (Å²) in [6.07, 6.45) is 22.8. The van der Waals surface area contributed by atoms with E-state index >= 15 is 0 Å². The van der Waals surface area contributed by atoms with Crippen LogP contribution in [0, 0.1) is 35.0 Å². The number of fused-ring (bicyclic) bond motifs is 4. The van der Waals surface area contributed by atoms with Crippen molar-refractivity contribution in [3.05, 3.63) is 83.0 Å². The summed E-state index contributed by atoms with van der Waals surface area (Å²) >= 11 is 0. The Labute approximate surface area is 311 Å². The Morgan fingerprint density at radius 2 is 1.77 bits per heavy atom. The lowest BCUT2D eigenvalue weighted by molar-refractivity contribution is -0.209. The van der Waals surface area contributed by atoms with Gasteiger partial charge in [-0.05, 0) is 101 Å². The highest BCUT2D eigenvalue weighted by Crippen LogP contribution is 2.69. The Balaban J connectivity index is 1.03. The first-order valence-corrected chi connectivity index (χ1v) is 20.4. The van der Waals surface area contributed by atoms with Crippen molar-refractivity contribution in [3.8, 4) is 0 Å². The predicted molar refractivity (Wildman–Crippen MR) is 207 cm³/mol. The van der Waals surface area contributed by atoms with E-state index in [0.29, 0.717) is 23.8 Å². The van der Waals surface area contributed by atoms with Crippen LogP contribution in [0.1, 0.15) is 82.1 Å². The quantitative estimate of drug-likeness (QED) is 0.197. The minimum absolute atomic E-state index is 0.111. The van der Waals surface area contributed by atoms with Crippen molar-refractivity contribution in [2.45, 2.75) is 107 Å². The van der Waals surface area contributed by atoms with Crippen molar-refractivity contribution in [2.75, 3.05) is 40.9 Å². The third-order valence-electron chi connectivity index (χ3n) is 14.5. The van der Waals surface area contributed by atoms with Gasteiger partial charge < -0.3 is 30.3 Å². The van der Waals surface area contributed by atoms with Gasteiger partial charge in [-0.2, -0.15) is 0 Å². The number of benzene rings is 1. The Morgan fingerprint density at radius 1 is 0.981 bits per heavy atom. The number of nitrogens with zero attached hydrogens (tertiary/aromatic N) is 2. The van der Waals surface area contributed by atoms with Crippen LogP contribution in [0.25, 0.3) is 0 Å². The second-order valence-electron chi connectivity index (χ2n) is 17.2. The largest absolute Gasteiger partial charge is 0.378 e. The molecule has 1 aromatic carbocycles. The topological polar surface area (TPSA) is 113 Å². The molecule has 8 rings (SSSR count). The van der Waals surface area contributed by atoms with E-state index in [-0.39, 0.29) is 24.3 Å². The van der Waals surface area contributed by atoms with Crippen molar-refractivity contribution in [2.24, 2.45) is 45.7 Å². The van der Waals surface area contributed by atoms with Crippen LogP contribution in [0.4, 0.5) is 0 Å². The number of hydrogen-bond acceptors (Lipinski definition) is 8. The van der Waals surface area contributed by atoms with Crippen LogP contribution >= 0.6 is 0 Å². The first kappa shape index (κ1) is 36.5. The molecule has 3 heterocycles. The number of ether oxygens (including phenoxy) is 2. The summed E-state index contributed by atoms with van der Waals surface area (Å²) in [5, 5.41) is 27.7. The van der Waals surface area contributed by atoms with Gasteiger partial charge in [0.25, 0.3) is 0 Å². The second-order valence-corrected chi connectivity index (χ2v) is 17.2. The Bertz CT molecular complexity index is 1590. The maximum atomic E-state index is 12.1. The zero-order valence-electron chi connectivity index (χ0n) is 31.6. The van der Waals surface area contributed by atoms with Crippen LogP contribution in [0.5, 0.6) is 0 Å². The first-order valence-electron chi connectivity index (χ1n) is 20.4. The molecule has 3 fully saturated rings. The number of likely N-dealkylation sites (tertiary alicyclic amines) is 1. The number of hydrogen-bond donors (Lipinski definition) is 4. The normalized spacial score (nSPS) is 38.8. The van der Waals surface area contributed by atoms with Gasteiger partial charge >= 0.3 is 0 Å². The summed E-state index contributed by atoms with van der Waals surface area (Å²) in [5.74, 6) is -0.790. The van der Waals surface area contributed by atoms with Gasteiger partial charge in [-0.25, -0.2) is 0 Å². The van der Waals surface area contributed by atoms with Crippen LogP contribution in [0.3, 0.4) is 0 Å². The molecule has 1 spiro atoms. The number of nitrogens with two attached hydrogens (primary N) is 1. The number of aliphatic imine (C=N–C) groups is 1. The van der Waals surface area contributed by atoms with Gasteiger partial charge in [0.15, 0.2) is 5.79 Å². The molecule has 5 N–H and O–H groups in total. The Morgan fingerprint density at radius 3 is 2.50 bits per heavy atom.